The molecule has 22 heavy (non-hydrogen) atoms. The van der Waals surface area contributed by atoms with Crippen LogP contribution in [-0.4, -0.2) is 40.9 Å². The minimum atomic E-state index is -1.02. The smallest absolute Gasteiger partial charge is 0.331 e. The van der Waals surface area contributed by atoms with E-state index < -0.39 is 16.4 Å². The van der Waals surface area contributed by atoms with Gasteiger partial charge in [-0.25, -0.2) is 4.79 Å². The topological polar surface area (TPSA) is 89.8 Å². The van der Waals surface area contributed by atoms with Crippen molar-refractivity contribution < 1.29 is 19.2 Å². The van der Waals surface area contributed by atoms with Gasteiger partial charge in [-0.3, -0.25) is 14.9 Å². The summed E-state index contributed by atoms with van der Waals surface area (Å²) in [6.07, 6.45) is 1.20. The van der Waals surface area contributed by atoms with Gasteiger partial charge in [0.2, 0.25) is 0 Å². The first-order valence-electron chi connectivity index (χ1n) is 6.96. The van der Waals surface area contributed by atoms with Crippen molar-refractivity contribution in [3.05, 3.63) is 39.4 Å². The van der Waals surface area contributed by atoms with Crippen LogP contribution in [0.1, 0.15) is 35.7 Å². The fourth-order valence-corrected chi connectivity index (χ4v) is 2.82. The molecule has 0 bridgehead atoms. The van der Waals surface area contributed by atoms with Gasteiger partial charge in [-0.2, -0.15) is 0 Å². The van der Waals surface area contributed by atoms with Crippen LogP contribution < -0.4 is 0 Å². The van der Waals surface area contributed by atoms with Gasteiger partial charge in [0.05, 0.1) is 12.0 Å². The van der Waals surface area contributed by atoms with Gasteiger partial charge in [-0.05, 0) is 32.3 Å². The van der Waals surface area contributed by atoms with E-state index in [1.165, 1.54) is 30.2 Å². The van der Waals surface area contributed by atoms with Crippen molar-refractivity contribution in [2.75, 3.05) is 13.7 Å². The van der Waals surface area contributed by atoms with Crippen LogP contribution in [0.2, 0.25) is 0 Å². The first-order valence-corrected chi connectivity index (χ1v) is 6.96. The number of nitro groups is 1. The van der Waals surface area contributed by atoms with Crippen molar-refractivity contribution >= 4 is 17.6 Å². The molecule has 1 atom stereocenters. The summed E-state index contributed by atoms with van der Waals surface area (Å²) in [5, 5.41) is 10.9. The number of carbonyl (C=O) groups is 2. The van der Waals surface area contributed by atoms with Gasteiger partial charge in [0.25, 0.3) is 11.6 Å². The van der Waals surface area contributed by atoms with E-state index in [1.807, 2.05) is 0 Å². The van der Waals surface area contributed by atoms with Crippen molar-refractivity contribution in [2.45, 2.75) is 32.2 Å². The lowest BCUT2D eigenvalue weighted by Crippen LogP contribution is -2.51. The molecule has 0 radical (unpaired) electrons. The molecule has 7 heteroatoms. The quantitative estimate of drug-likeness (QED) is 0.484. The Kier molecular flexibility index (Phi) is 4.16. The first-order chi connectivity index (χ1) is 10.3. The van der Waals surface area contributed by atoms with E-state index >= 15 is 0 Å². The predicted molar refractivity (Wildman–Crippen MR) is 78.5 cm³/mol. The maximum Gasteiger partial charge on any atom is 0.331 e. The van der Waals surface area contributed by atoms with Gasteiger partial charge < -0.3 is 9.64 Å². The molecule has 1 amide bonds. The van der Waals surface area contributed by atoms with Gasteiger partial charge in [0, 0.05) is 24.2 Å². The van der Waals surface area contributed by atoms with E-state index in [9.17, 15) is 19.7 Å². The molecule has 1 saturated heterocycles. The van der Waals surface area contributed by atoms with Gasteiger partial charge >= 0.3 is 5.97 Å². The second-order valence-corrected chi connectivity index (χ2v) is 5.58. The maximum atomic E-state index is 12.8. The SMILES string of the molecule is COC(=O)C1(C)CCCN1C(=O)c1cc([N+](=O)[O-])ccc1C. The van der Waals surface area contributed by atoms with Gasteiger partial charge in [-0.15, -0.1) is 0 Å². The lowest BCUT2D eigenvalue weighted by molar-refractivity contribution is -0.384. The second-order valence-electron chi connectivity index (χ2n) is 5.58. The molecule has 0 N–H and O–H groups in total. The highest BCUT2D eigenvalue weighted by molar-refractivity contribution is 6.00. The largest absolute Gasteiger partial charge is 0.467 e. The van der Waals surface area contributed by atoms with Crippen molar-refractivity contribution in [1.82, 2.24) is 4.90 Å². The Bertz CT molecular complexity index is 643. The van der Waals surface area contributed by atoms with Gasteiger partial charge in [0.15, 0.2) is 0 Å². The van der Waals surface area contributed by atoms with Crippen LogP contribution >= 0.6 is 0 Å². The number of esters is 1. The molecule has 1 aliphatic rings. The Morgan fingerprint density at radius 1 is 1.41 bits per heavy atom. The molecule has 0 aromatic heterocycles. The number of nitrogens with zero attached hydrogens (tertiary/aromatic N) is 2. The monoisotopic (exact) mass is 306 g/mol. The van der Waals surface area contributed by atoms with E-state index in [1.54, 1.807) is 13.8 Å². The van der Waals surface area contributed by atoms with Crippen molar-refractivity contribution in [3.63, 3.8) is 0 Å². The van der Waals surface area contributed by atoms with Crippen LogP contribution in [0.25, 0.3) is 0 Å². The molecule has 7 nitrogen and oxygen atoms in total. The zero-order valence-electron chi connectivity index (χ0n) is 12.8. The number of benzene rings is 1. The van der Waals surface area contributed by atoms with Crippen LogP contribution in [-0.2, 0) is 9.53 Å². The second kappa shape index (κ2) is 5.75. The average Bonchev–Trinajstić information content (AvgIpc) is 2.89. The van der Waals surface area contributed by atoms with Crippen LogP contribution in [0.3, 0.4) is 0 Å². The summed E-state index contributed by atoms with van der Waals surface area (Å²) in [5.74, 6) is -0.854. The van der Waals surface area contributed by atoms with Gasteiger partial charge in [0.1, 0.15) is 5.54 Å². The molecule has 0 spiro atoms. The summed E-state index contributed by atoms with van der Waals surface area (Å²) in [6, 6.07) is 4.15. The number of hydrogen-bond acceptors (Lipinski definition) is 5. The molecule has 1 aromatic carbocycles. The molecule has 0 aliphatic carbocycles. The first kappa shape index (κ1) is 15.9. The van der Waals surface area contributed by atoms with Crippen molar-refractivity contribution in [3.8, 4) is 0 Å². The van der Waals surface area contributed by atoms with E-state index in [2.05, 4.69) is 0 Å². The molecule has 0 saturated carbocycles. The number of ether oxygens (including phenoxy) is 1. The number of amides is 1. The normalized spacial score (nSPS) is 20.8. The van der Waals surface area contributed by atoms with Crippen molar-refractivity contribution in [1.29, 1.82) is 0 Å². The van der Waals surface area contributed by atoms with Crippen molar-refractivity contribution in [2.24, 2.45) is 0 Å². The number of rotatable bonds is 3. The maximum absolute atomic E-state index is 12.8. The van der Waals surface area contributed by atoms with Crippen LogP contribution in [0.15, 0.2) is 18.2 Å². The summed E-state index contributed by atoms with van der Waals surface area (Å²) in [5.41, 5.74) is -0.294. The molecule has 1 fully saturated rings. The number of likely N-dealkylation sites (tertiary alicyclic amines) is 1. The lowest BCUT2D eigenvalue weighted by Gasteiger charge is -2.32. The summed E-state index contributed by atoms with van der Waals surface area (Å²) < 4.78 is 4.80. The number of methoxy groups -OCH3 is 1. The zero-order valence-corrected chi connectivity index (χ0v) is 12.8. The van der Waals surface area contributed by atoms with E-state index in [0.717, 1.165) is 0 Å². The fourth-order valence-electron chi connectivity index (χ4n) is 2.82. The number of aryl methyl sites for hydroxylation is 1. The molecule has 1 aromatic rings. The van der Waals surface area contributed by atoms with E-state index in [0.29, 0.717) is 24.9 Å². The number of nitro benzene ring substituents is 1. The van der Waals surface area contributed by atoms with E-state index in [4.69, 9.17) is 4.74 Å². The van der Waals surface area contributed by atoms with Crippen LogP contribution in [0, 0.1) is 17.0 Å². The molecule has 1 heterocycles. The summed E-state index contributed by atoms with van der Waals surface area (Å²) >= 11 is 0. The third-order valence-electron chi connectivity index (χ3n) is 4.17. The number of hydrogen-bond donors (Lipinski definition) is 0. The average molecular weight is 306 g/mol. The minimum absolute atomic E-state index is 0.145. The van der Waals surface area contributed by atoms with Gasteiger partial charge in [-0.1, -0.05) is 6.07 Å². The summed E-state index contributed by atoms with van der Waals surface area (Å²) in [7, 11) is 1.28. The standard InChI is InChI=1S/C15H18N2O5/c1-10-5-6-11(17(20)21)9-12(10)13(18)16-8-4-7-15(16,2)14(19)22-3/h5-6,9H,4,7-8H2,1-3H3. The molecule has 118 valence electrons. The molecule has 1 unspecified atom stereocenters. The molecular weight excluding hydrogens is 288 g/mol. The minimum Gasteiger partial charge on any atom is -0.467 e. The third-order valence-corrected chi connectivity index (χ3v) is 4.17. The Morgan fingerprint density at radius 3 is 2.68 bits per heavy atom. The predicted octanol–water partition coefficient (Wildman–Crippen LogP) is 2.07. The Morgan fingerprint density at radius 2 is 2.09 bits per heavy atom. The highest BCUT2D eigenvalue weighted by atomic mass is 16.6. The lowest BCUT2D eigenvalue weighted by atomic mass is 9.97. The fraction of sp³-hybridized carbons (Fsp3) is 0.467. The third kappa shape index (κ3) is 2.54. The summed E-state index contributed by atoms with van der Waals surface area (Å²) in [6.45, 7) is 3.80. The molecular formula is C15H18N2O5. The molecule has 1 aliphatic heterocycles. The van der Waals surface area contributed by atoms with E-state index in [-0.39, 0.29) is 17.2 Å². The molecule has 2 rings (SSSR count). The Balaban J connectivity index is 2.41. The van der Waals surface area contributed by atoms with Crippen LogP contribution in [0.5, 0.6) is 0 Å². The zero-order chi connectivity index (χ0) is 16.5. The van der Waals surface area contributed by atoms with Crippen LogP contribution in [0.4, 0.5) is 5.69 Å². The Hall–Kier alpha value is -2.44. The number of non-ortho nitro benzene ring substituents is 1. The highest BCUT2D eigenvalue weighted by Gasteiger charge is 2.47. The Labute approximate surface area is 128 Å². The number of carbonyl (C=O) groups excluding carboxylic acids is 2. The summed E-state index contributed by atoms with van der Waals surface area (Å²) in [4.78, 5) is 36.6. The highest BCUT2D eigenvalue weighted by Crippen LogP contribution is 2.32.